The Morgan fingerprint density at radius 3 is 2.24 bits per heavy atom. The van der Waals surface area contributed by atoms with Crippen LogP contribution in [-0.4, -0.2) is 72.3 Å². The molecule has 33 heavy (non-hydrogen) atoms. The van der Waals surface area contributed by atoms with E-state index in [1.165, 1.54) is 12.0 Å². The van der Waals surface area contributed by atoms with Gasteiger partial charge in [-0.2, -0.15) is 0 Å². The number of likely N-dealkylation sites (N-methyl/N-ethyl adjacent to an activating group) is 1. The molecule has 2 atom stereocenters. The first kappa shape index (κ1) is 27.5. The van der Waals surface area contributed by atoms with E-state index in [0.29, 0.717) is 11.1 Å². The van der Waals surface area contributed by atoms with Crippen molar-refractivity contribution in [1.82, 2.24) is 15.5 Å². The molecule has 0 spiro atoms. The quantitative estimate of drug-likeness (QED) is 0.365. The molecule has 3 amide bonds. The van der Waals surface area contributed by atoms with Crippen molar-refractivity contribution in [2.45, 2.75) is 45.4 Å². The van der Waals surface area contributed by atoms with Crippen molar-refractivity contribution in [1.29, 1.82) is 0 Å². The van der Waals surface area contributed by atoms with Crippen LogP contribution in [0.1, 0.15) is 44.9 Å². The van der Waals surface area contributed by atoms with Gasteiger partial charge >= 0.3 is 12.1 Å². The number of nitrogens with one attached hydrogen (secondary N) is 2. The maximum Gasteiger partial charge on any atom is 0.408 e. The Kier molecular flexibility index (Phi) is 10.4. The second kappa shape index (κ2) is 12.5. The van der Waals surface area contributed by atoms with Gasteiger partial charge in [0.1, 0.15) is 24.2 Å². The number of ether oxygens (including phenoxy) is 2. The molecule has 0 bridgehead atoms. The molecule has 10 nitrogen and oxygen atoms in total. The highest BCUT2D eigenvalue weighted by molar-refractivity contribution is 5.93. The maximum absolute atomic E-state index is 13.2. The molecule has 0 saturated carbocycles. The van der Waals surface area contributed by atoms with Crippen LogP contribution in [0, 0.1) is 12.3 Å². The first-order chi connectivity index (χ1) is 15.5. The van der Waals surface area contributed by atoms with Gasteiger partial charge in [0, 0.05) is 12.1 Å². The number of amides is 3. The fourth-order valence-corrected chi connectivity index (χ4v) is 2.86. The van der Waals surface area contributed by atoms with Crippen LogP contribution < -0.4 is 10.6 Å². The number of hydrogen-bond donors (Lipinski definition) is 3. The molecule has 2 unspecified atom stereocenters. The van der Waals surface area contributed by atoms with Crippen LogP contribution in [0.15, 0.2) is 24.3 Å². The molecule has 0 aromatic heterocycles. The van der Waals surface area contributed by atoms with Gasteiger partial charge in [-0.05, 0) is 45.4 Å². The van der Waals surface area contributed by atoms with Gasteiger partial charge in [-0.3, -0.25) is 14.4 Å². The number of rotatable bonds is 9. The lowest BCUT2D eigenvalue weighted by atomic mass is 10.0. The van der Waals surface area contributed by atoms with Crippen LogP contribution >= 0.6 is 0 Å². The Morgan fingerprint density at radius 2 is 1.79 bits per heavy atom. The van der Waals surface area contributed by atoms with Gasteiger partial charge in [0.15, 0.2) is 0 Å². The number of esters is 1. The summed E-state index contributed by atoms with van der Waals surface area (Å²) in [7, 11) is 1.18. The summed E-state index contributed by atoms with van der Waals surface area (Å²) in [6, 6.07) is 3.85. The zero-order chi connectivity index (χ0) is 25.2. The molecule has 0 aliphatic rings. The summed E-state index contributed by atoms with van der Waals surface area (Å²) in [6.07, 6.45) is 4.50. The summed E-state index contributed by atoms with van der Waals surface area (Å²) in [5.41, 5.74) is 0.175. The number of carbonyl (C=O) groups is 4. The summed E-state index contributed by atoms with van der Waals surface area (Å²) in [6.45, 7) is 5.53. The highest BCUT2D eigenvalue weighted by atomic mass is 16.6. The smallest absolute Gasteiger partial charge is 0.408 e. The Bertz CT molecular complexity index is 885. The van der Waals surface area contributed by atoms with Crippen LogP contribution in [0.2, 0.25) is 0 Å². The first-order valence-electron chi connectivity index (χ1n) is 10.3. The van der Waals surface area contributed by atoms with Gasteiger partial charge in [0.25, 0.3) is 0 Å². The largest absolute Gasteiger partial charge is 0.468 e. The number of terminal acetylenes is 1. The normalized spacial score (nSPS) is 12.5. The minimum Gasteiger partial charge on any atom is -0.468 e. The molecule has 10 heteroatoms. The first-order valence-corrected chi connectivity index (χ1v) is 10.3. The number of aliphatic hydroxyl groups is 1. The van der Waals surface area contributed by atoms with Gasteiger partial charge in [0.2, 0.25) is 11.8 Å². The molecule has 1 aromatic carbocycles. The molecule has 0 heterocycles. The van der Waals surface area contributed by atoms with E-state index in [-0.39, 0.29) is 6.54 Å². The molecular formula is C23H31N3O7. The average molecular weight is 462 g/mol. The average Bonchev–Trinajstić information content (AvgIpc) is 2.77. The molecule has 0 aliphatic heterocycles. The zero-order valence-corrected chi connectivity index (χ0v) is 19.5. The van der Waals surface area contributed by atoms with Crippen LogP contribution in [0.4, 0.5) is 4.79 Å². The Morgan fingerprint density at radius 1 is 1.18 bits per heavy atom. The Hall–Kier alpha value is -3.58. The summed E-state index contributed by atoms with van der Waals surface area (Å²) in [4.78, 5) is 51.0. The van der Waals surface area contributed by atoms with Crippen molar-refractivity contribution in [2.75, 3.05) is 26.8 Å². The Balaban J connectivity index is 3.25. The molecule has 0 radical (unpaired) electrons. The van der Waals surface area contributed by atoms with E-state index < -0.39 is 54.7 Å². The second-order valence-electron chi connectivity index (χ2n) is 7.97. The van der Waals surface area contributed by atoms with Crippen molar-refractivity contribution in [3.63, 3.8) is 0 Å². The van der Waals surface area contributed by atoms with Crippen molar-refractivity contribution >= 4 is 23.9 Å². The van der Waals surface area contributed by atoms with E-state index in [9.17, 15) is 24.3 Å². The standard InChI is InChI=1S/C23H31N3O7/c1-7-15-9-11-16(12-10-15)19(20(29)24-13-18(28)32-6)26(8-2)21(30)17(14-27)25-22(31)33-23(3,4)5/h1,9-12,17,19,27H,8,13-14H2,2-6H3,(H,24,29)(H,25,31). The third-order valence-electron chi connectivity index (χ3n) is 4.38. The Labute approximate surface area is 193 Å². The molecule has 180 valence electrons. The van der Waals surface area contributed by atoms with Crippen molar-refractivity contribution < 1.29 is 33.8 Å². The number of carbonyl (C=O) groups excluding carboxylic acids is 4. The van der Waals surface area contributed by atoms with Crippen molar-refractivity contribution in [2.24, 2.45) is 0 Å². The molecule has 0 fully saturated rings. The van der Waals surface area contributed by atoms with Gasteiger partial charge < -0.3 is 30.1 Å². The van der Waals surface area contributed by atoms with Gasteiger partial charge in [0.05, 0.1) is 13.7 Å². The molecule has 0 saturated heterocycles. The minimum atomic E-state index is -1.36. The molecular weight excluding hydrogens is 430 g/mol. The number of hydrogen-bond acceptors (Lipinski definition) is 7. The zero-order valence-electron chi connectivity index (χ0n) is 19.5. The van der Waals surface area contributed by atoms with Crippen molar-refractivity contribution in [3.8, 4) is 12.3 Å². The molecule has 3 N–H and O–H groups in total. The molecule has 1 aromatic rings. The fraction of sp³-hybridized carbons (Fsp3) is 0.478. The summed E-state index contributed by atoms with van der Waals surface area (Å²) >= 11 is 0. The highest BCUT2D eigenvalue weighted by Gasteiger charge is 2.35. The number of nitrogens with zero attached hydrogens (tertiary/aromatic N) is 1. The van der Waals surface area contributed by atoms with Gasteiger partial charge in [-0.25, -0.2) is 4.79 Å². The summed E-state index contributed by atoms with van der Waals surface area (Å²) in [5, 5.41) is 14.5. The lowest BCUT2D eigenvalue weighted by molar-refractivity contribution is -0.145. The van der Waals surface area contributed by atoms with E-state index in [1.54, 1.807) is 52.0 Å². The predicted molar refractivity (Wildman–Crippen MR) is 120 cm³/mol. The fourth-order valence-electron chi connectivity index (χ4n) is 2.86. The predicted octanol–water partition coefficient (Wildman–Crippen LogP) is 0.732. The number of aliphatic hydroxyl groups excluding tert-OH is 1. The lowest BCUT2D eigenvalue weighted by Gasteiger charge is -2.33. The van der Waals surface area contributed by atoms with E-state index in [1.807, 2.05) is 0 Å². The van der Waals surface area contributed by atoms with Crippen LogP contribution in [-0.2, 0) is 23.9 Å². The van der Waals surface area contributed by atoms with Crippen LogP contribution in [0.25, 0.3) is 0 Å². The topological polar surface area (TPSA) is 134 Å². The third kappa shape index (κ3) is 8.46. The van der Waals surface area contributed by atoms with Crippen LogP contribution in [0.3, 0.4) is 0 Å². The third-order valence-corrected chi connectivity index (χ3v) is 4.38. The molecule has 0 aliphatic carbocycles. The van der Waals surface area contributed by atoms with Crippen molar-refractivity contribution in [3.05, 3.63) is 35.4 Å². The van der Waals surface area contributed by atoms with E-state index in [4.69, 9.17) is 11.2 Å². The minimum absolute atomic E-state index is 0.0541. The highest BCUT2D eigenvalue weighted by Crippen LogP contribution is 2.23. The van der Waals surface area contributed by atoms with Gasteiger partial charge in [-0.1, -0.05) is 18.1 Å². The second-order valence-corrected chi connectivity index (χ2v) is 7.97. The van der Waals surface area contributed by atoms with E-state index in [2.05, 4.69) is 21.3 Å². The summed E-state index contributed by atoms with van der Waals surface area (Å²) in [5.74, 6) is 0.427. The maximum atomic E-state index is 13.2. The SMILES string of the molecule is C#Cc1ccc(C(C(=O)NCC(=O)OC)N(CC)C(=O)C(CO)NC(=O)OC(C)(C)C)cc1. The number of benzene rings is 1. The van der Waals surface area contributed by atoms with E-state index >= 15 is 0 Å². The van der Waals surface area contributed by atoms with Crippen LogP contribution in [0.5, 0.6) is 0 Å². The monoisotopic (exact) mass is 461 g/mol. The number of alkyl carbamates (subject to hydrolysis) is 1. The molecule has 1 rings (SSSR count). The summed E-state index contributed by atoms with van der Waals surface area (Å²) < 4.78 is 9.69. The number of methoxy groups -OCH3 is 1. The van der Waals surface area contributed by atoms with Gasteiger partial charge in [-0.15, -0.1) is 6.42 Å². The lowest BCUT2D eigenvalue weighted by Crippen LogP contribution is -2.54. The van der Waals surface area contributed by atoms with E-state index in [0.717, 1.165) is 0 Å².